The molecular weight excluding hydrogens is 257 g/mol. The molecule has 0 spiro atoms. The summed E-state index contributed by atoms with van der Waals surface area (Å²) >= 11 is 0. The lowest BCUT2D eigenvalue weighted by atomic mass is 9.96. The molecule has 1 fully saturated rings. The number of rotatable bonds is 5. The van der Waals surface area contributed by atoms with E-state index in [9.17, 15) is 9.18 Å². The summed E-state index contributed by atoms with van der Waals surface area (Å²) in [5, 5.41) is 2.61. The molecule has 1 aliphatic carbocycles. The molecule has 4 nitrogen and oxygen atoms in total. The van der Waals surface area contributed by atoms with Crippen LogP contribution in [0.2, 0.25) is 0 Å². The first-order valence-corrected chi connectivity index (χ1v) is 7.03. The normalized spacial score (nSPS) is 17.4. The van der Waals surface area contributed by atoms with Gasteiger partial charge in [-0.2, -0.15) is 0 Å². The fraction of sp³-hybridized carbons (Fsp3) is 0.533. The van der Waals surface area contributed by atoms with Crippen molar-refractivity contribution >= 4 is 11.6 Å². The number of benzene rings is 1. The van der Waals surface area contributed by atoms with Crippen LogP contribution in [0.3, 0.4) is 0 Å². The number of anilines is 1. The Hall–Kier alpha value is -1.46. The Kier molecular flexibility index (Phi) is 4.73. The number of carbonyl (C=O) groups is 1. The largest absolute Gasteiger partial charge is 0.329 e. The molecule has 0 radical (unpaired) electrons. The first-order chi connectivity index (χ1) is 9.57. The quantitative estimate of drug-likeness (QED) is 0.866. The van der Waals surface area contributed by atoms with Crippen LogP contribution in [0.1, 0.15) is 25.7 Å². The summed E-state index contributed by atoms with van der Waals surface area (Å²) in [6.07, 6.45) is 4.34. The smallest absolute Gasteiger partial charge is 0.238 e. The highest BCUT2D eigenvalue weighted by atomic mass is 19.1. The predicted molar refractivity (Wildman–Crippen MR) is 77.9 cm³/mol. The fourth-order valence-corrected chi connectivity index (χ4v) is 2.91. The fourth-order valence-electron chi connectivity index (χ4n) is 2.91. The molecule has 0 saturated heterocycles. The summed E-state index contributed by atoms with van der Waals surface area (Å²) in [6, 6.07) is 6.18. The molecule has 5 heteroatoms. The number of hydrogen-bond donors (Lipinski definition) is 2. The second-order valence-electron chi connectivity index (χ2n) is 5.52. The molecule has 3 N–H and O–H groups in total. The number of para-hydroxylation sites is 1. The van der Waals surface area contributed by atoms with Crippen LogP contribution in [0.15, 0.2) is 24.3 Å². The molecule has 1 saturated carbocycles. The third-order valence-electron chi connectivity index (χ3n) is 4.25. The van der Waals surface area contributed by atoms with Gasteiger partial charge in [-0.05, 0) is 32.0 Å². The molecule has 0 atom stereocenters. The van der Waals surface area contributed by atoms with Crippen molar-refractivity contribution in [1.29, 1.82) is 0 Å². The Morgan fingerprint density at radius 3 is 2.65 bits per heavy atom. The van der Waals surface area contributed by atoms with Gasteiger partial charge >= 0.3 is 0 Å². The van der Waals surface area contributed by atoms with E-state index in [1.807, 2.05) is 11.9 Å². The van der Waals surface area contributed by atoms with Crippen molar-refractivity contribution in [2.45, 2.75) is 31.2 Å². The van der Waals surface area contributed by atoms with Crippen LogP contribution in [-0.4, -0.2) is 36.5 Å². The van der Waals surface area contributed by atoms with E-state index in [1.54, 1.807) is 18.2 Å². The van der Waals surface area contributed by atoms with E-state index in [1.165, 1.54) is 6.07 Å². The highest BCUT2D eigenvalue weighted by molar-refractivity contribution is 5.92. The topological polar surface area (TPSA) is 58.4 Å². The monoisotopic (exact) mass is 279 g/mol. The summed E-state index contributed by atoms with van der Waals surface area (Å²) in [5.74, 6) is -0.629. The Morgan fingerprint density at radius 2 is 2.05 bits per heavy atom. The molecule has 1 amide bonds. The first-order valence-electron chi connectivity index (χ1n) is 7.03. The lowest BCUT2D eigenvalue weighted by Crippen LogP contribution is -2.52. The molecule has 0 heterocycles. The molecule has 0 aromatic heterocycles. The predicted octanol–water partition coefficient (Wildman–Crippen LogP) is 1.97. The van der Waals surface area contributed by atoms with E-state index >= 15 is 0 Å². The maximum Gasteiger partial charge on any atom is 0.238 e. The second kappa shape index (κ2) is 6.33. The Morgan fingerprint density at radius 1 is 1.40 bits per heavy atom. The maximum atomic E-state index is 13.5. The number of likely N-dealkylation sites (N-methyl/N-ethyl adjacent to an activating group) is 1. The number of amides is 1. The lowest BCUT2D eigenvalue weighted by Gasteiger charge is -2.37. The summed E-state index contributed by atoms with van der Waals surface area (Å²) in [5.41, 5.74) is 6.03. The van der Waals surface area contributed by atoms with Gasteiger partial charge in [-0.15, -0.1) is 0 Å². The first kappa shape index (κ1) is 14.9. The highest BCUT2D eigenvalue weighted by Gasteiger charge is 2.36. The molecule has 110 valence electrons. The van der Waals surface area contributed by atoms with Crippen LogP contribution in [0.25, 0.3) is 0 Å². The number of nitrogens with two attached hydrogens (primary N) is 1. The Bertz CT molecular complexity index is 472. The van der Waals surface area contributed by atoms with Crippen LogP contribution in [-0.2, 0) is 4.79 Å². The van der Waals surface area contributed by atoms with Crippen molar-refractivity contribution in [3.63, 3.8) is 0 Å². The molecule has 1 aliphatic rings. The van der Waals surface area contributed by atoms with Crippen LogP contribution in [0.5, 0.6) is 0 Å². The standard InChI is InChI=1S/C15H22FN3O/c1-19(15(11-17)8-4-5-9-15)10-14(20)18-13-7-3-2-6-12(13)16/h2-3,6-7H,4-5,8-11,17H2,1H3,(H,18,20). The minimum atomic E-state index is -0.419. The third kappa shape index (κ3) is 3.16. The summed E-state index contributed by atoms with van der Waals surface area (Å²) in [7, 11) is 1.92. The van der Waals surface area contributed by atoms with Gasteiger partial charge in [-0.3, -0.25) is 9.69 Å². The van der Waals surface area contributed by atoms with Gasteiger partial charge in [0.25, 0.3) is 0 Å². The van der Waals surface area contributed by atoms with Crippen LogP contribution < -0.4 is 11.1 Å². The van der Waals surface area contributed by atoms with Gasteiger partial charge in [0, 0.05) is 12.1 Å². The average Bonchev–Trinajstić information content (AvgIpc) is 2.91. The van der Waals surface area contributed by atoms with E-state index in [0.29, 0.717) is 6.54 Å². The number of halogens is 1. The minimum Gasteiger partial charge on any atom is -0.329 e. The number of nitrogens with zero attached hydrogens (tertiary/aromatic N) is 1. The van der Waals surface area contributed by atoms with Crippen LogP contribution >= 0.6 is 0 Å². The van der Waals surface area contributed by atoms with Crippen LogP contribution in [0, 0.1) is 5.82 Å². The zero-order valence-corrected chi connectivity index (χ0v) is 11.9. The molecule has 0 unspecified atom stereocenters. The summed E-state index contributed by atoms with van der Waals surface area (Å²) in [6.45, 7) is 0.780. The van der Waals surface area contributed by atoms with Gasteiger partial charge in [0.15, 0.2) is 0 Å². The van der Waals surface area contributed by atoms with Gasteiger partial charge in [-0.25, -0.2) is 4.39 Å². The van der Waals surface area contributed by atoms with Gasteiger partial charge < -0.3 is 11.1 Å². The summed E-state index contributed by atoms with van der Waals surface area (Å²) < 4.78 is 13.5. The van der Waals surface area contributed by atoms with E-state index < -0.39 is 5.82 Å². The number of carbonyl (C=O) groups excluding carboxylic acids is 1. The Labute approximate surface area is 119 Å². The van der Waals surface area contributed by atoms with Crippen molar-refractivity contribution < 1.29 is 9.18 Å². The average molecular weight is 279 g/mol. The maximum absolute atomic E-state index is 13.5. The molecule has 1 aromatic carbocycles. The molecule has 0 bridgehead atoms. The Balaban J connectivity index is 1.96. The zero-order chi connectivity index (χ0) is 14.6. The zero-order valence-electron chi connectivity index (χ0n) is 11.9. The highest BCUT2D eigenvalue weighted by Crippen LogP contribution is 2.33. The minimum absolute atomic E-state index is 0.0768. The van der Waals surface area contributed by atoms with E-state index in [0.717, 1.165) is 25.7 Å². The third-order valence-corrected chi connectivity index (χ3v) is 4.25. The second-order valence-corrected chi connectivity index (χ2v) is 5.52. The molecule has 0 aliphatic heterocycles. The summed E-state index contributed by atoms with van der Waals surface area (Å²) in [4.78, 5) is 14.0. The molecule has 1 aromatic rings. The number of hydrogen-bond acceptors (Lipinski definition) is 3. The van der Waals surface area contributed by atoms with Crippen molar-refractivity contribution in [2.75, 3.05) is 25.5 Å². The van der Waals surface area contributed by atoms with Crippen molar-refractivity contribution in [1.82, 2.24) is 4.90 Å². The van der Waals surface area contributed by atoms with Crippen molar-refractivity contribution in [3.8, 4) is 0 Å². The van der Waals surface area contributed by atoms with Gasteiger partial charge in [-0.1, -0.05) is 25.0 Å². The van der Waals surface area contributed by atoms with Crippen molar-refractivity contribution in [2.24, 2.45) is 5.73 Å². The van der Waals surface area contributed by atoms with Gasteiger partial charge in [0.05, 0.1) is 12.2 Å². The van der Waals surface area contributed by atoms with Crippen molar-refractivity contribution in [3.05, 3.63) is 30.1 Å². The van der Waals surface area contributed by atoms with Crippen LogP contribution in [0.4, 0.5) is 10.1 Å². The number of nitrogens with one attached hydrogen (secondary N) is 1. The molecular formula is C15H22FN3O. The van der Waals surface area contributed by atoms with E-state index in [4.69, 9.17) is 5.73 Å². The lowest BCUT2D eigenvalue weighted by molar-refractivity contribution is -0.118. The molecule has 20 heavy (non-hydrogen) atoms. The van der Waals surface area contributed by atoms with E-state index in [-0.39, 0.29) is 23.7 Å². The van der Waals surface area contributed by atoms with E-state index in [2.05, 4.69) is 5.32 Å². The van der Waals surface area contributed by atoms with Gasteiger partial charge in [0.2, 0.25) is 5.91 Å². The SMILES string of the molecule is CN(CC(=O)Nc1ccccc1F)C1(CN)CCCC1. The van der Waals surface area contributed by atoms with Gasteiger partial charge in [0.1, 0.15) is 5.82 Å². The molecule has 2 rings (SSSR count).